The molecule has 2 N–H and O–H groups in total. The van der Waals surface area contributed by atoms with Gasteiger partial charge in [0.2, 0.25) is 0 Å². The summed E-state index contributed by atoms with van der Waals surface area (Å²) in [5.74, 6) is 1.03. The van der Waals surface area contributed by atoms with Crippen LogP contribution in [-0.4, -0.2) is 41.5 Å². The first-order chi connectivity index (χ1) is 13.6. The minimum Gasteiger partial charge on any atom is -0.469 e. The summed E-state index contributed by atoms with van der Waals surface area (Å²) in [6.45, 7) is 0.586. The molecule has 7 nitrogen and oxygen atoms in total. The number of hydrogen-bond acceptors (Lipinski definition) is 6. The average molecular weight is 380 g/mol. The number of esters is 1. The molecular formula is C21H24N4O3. The highest BCUT2D eigenvalue weighted by Gasteiger charge is 2.36. The first kappa shape index (κ1) is 18.4. The zero-order valence-electron chi connectivity index (χ0n) is 15.9. The van der Waals surface area contributed by atoms with Gasteiger partial charge in [0.25, 0.3) is 5.91 Å². The van der Waals surface area contributed by atoms with Crippen LogP contribution in [0.5, 0.6) is 0 Å². The number of anilines is 1. The standard InChI is InChI=1S/C21H24N4O3/c1-28-21(27)14-11-15(12-14)23-19-16-9-10-22-20(26)18(16)24-17(25-19)8-7-13-5-3-2-4-6-13/h2-6,14-15H,7-12H2,1H3,(H,22,26)(H,23,24,25). The van der Waals surface area contributed by atoms with Crippen molar-refractivity contribution in [3.63, 3.8) is 0 Å². The molecule has 0 saturated heterocycles. The molecule has 1 amide bonds. The van der Waals surface area contributed by atoms with Crippen LogP contribution < -0.4 is 10.6 Å². The maximum Gasteiger partial charge on any atom is 0.308 e. The molecule has 1 aromatic heterocycles. The summed E-state index contributed by atoms with van der Waals surface area (Å²) < 4.78 is 4.81. The maximum atomic E-state index is 12.3. The fraction of sp³-hybridized carbons (Fsp3) is 0.429. The molecule has 7 heteroatoms. The van der Waals surface area contributed by atoms with Crippen LogP contribution >= 0.6 is 0 Å². The van der Waals surface area contributed by atoms with Gasteiger partial charge in [0.1, 0.15) is 17.3 Å². The molecule has 1 aromatic carbocycles. The number of rotatable bonds is 6. The predicted octanol–water partition coefficient (Wildman–Crippen LogP) is 1.91. The van der Waals surface area contributed by atoms with Crippen molar-refractivity contribution < 1.29 is 14.3 Å². The van der Waals surface area contributed by atoms with Crippen molar-refractivity contribution >= 4 is 17.7 Å². The Hall–Kier alpha value is -2.96. The van der Waals surface area contributed by atoms with Gasteiger partial charge in [-0.05, 0) is 31.2 Å². The summed E-state index contributed by atoms with van der Waals surface area (Å²) in [6.07, 6.45) is 3.62. The highest BCUT2D eigenvalue weighted by molar-refractivity contribution is 5.96. The molecule has 2 heterocycles. The first-order valence-electron chi connectivity index (χ1n) is 9.70. The van der Waals surface area contributed by atoms with Crippen molar-refractivity contribution in [3.8, 4) is 0 Å². The third-order valence-electron chi connectivity index (χ3n) is 5.42. The van der Waals surface area contributed by atoms with Crippen LogP contribution in [0, 0.1) is 5.92 Å². The van der Waals surface area contributed by atoms with Crippen molar-refractivity contribution in [1.82, 2.24) is 15.3 Å². The molecule has 1 aliphatic carbocycles. The fourth-order valence-electron chi connectivity index (χ4n) is 3.76. The summed E-state index contributed by atoms with van der Waals surface area (Å²) in [6, 6.07) is 10.3. The molecule has 4 rings (SSSR count). The van der Waals surface area contributed by atoms with Crippen LogP contribution in [0.1, 0.15) is 40.3 Å². The molecule has 2 aliphatic rings. The Morgan fingerprint density at radius 3 is 2.75 bits per heavy atom. The molecule has 0 bridgehead atoms. The number of nitrogens with one attached hydrogen (secondary N) is 2. The van der Waals surface area contributed by atoms with E-state index in [1.807, 2.05) is 18.2 Å². The fourth-order valence-corrected chi connectivity index (χ4v) is 3.76. The number of carbonyl (C=O) groups is 2. The topological polar surface area (TPSA) is 93.2 Å². The maximum absolute atomic E-state index is 12.3. The number of hydrogen-bond donors (Lipinski definition) is 2. The Morgan fingerprint density at radius 1 is 1.21 bits per heavy atom. The Bertz CT molecular complexity index is 879. The minimum absolute atomic E-state index is 0.0546. The molecule has 146 valence electrons. The number of nitrogens with zero attached hydrogens (tertiary/aromatic N) is 2. The third kappa shape index (κ3) is 3.83. The first-order valence-corrected chi connectivity index (χ1v) is 9.70. The highest BCUT2D eigenvalue weighted by atomic mass is 16.5. The quantitative estimate of drug-likeness (QED) is 0.744. The second kappa shape index (κ2) is 7.96. The highest BCUT2D eigenvalue weighted by Crippen LogP contribution is 2.32. The lowest BCUT2D eigenvalue weighted by atomic mass is 9.80. The summed E-state index contributed by atoms with van der Waals surface area (Å²) in [5.41, 5.74) is 2.55. The molecular weight excluding hydrogens is 356 g/mol. The number of fused-ring (bicyclic) bond motifs is 1. The molecule has 28 heavy (non-hydrogen) atoms. The molecule has 2 aromatic rings. The van der Waals surface area contributed by atoms with Gasteiger partial charge in [0.05, 0.1) is 13.0 Å². The van der Waals surface area contributed by atoms with Crippen LogP contribution in [-0.2, 0) is 28.8 Å². The van der Waals surface area contributed by atoms with E-state index in [2.05, 4.69) is 27.8 Å². The van der Waals surface area contributed by atoms with Crippen molar-refractivity contribution in [2.75, 3.05) is 19.0 Å². The SMILES string of the molecule is COC(=O)C1CC(Nc2nc(CCc3ccccc3)nc3c2CCNC3=O)C1. The normalized spacial score (nSPS) is 20.5. The smallest absolute Gasteiger partial charge is 0.308 e. The largest absolute Gasteiger partial charge is 0.469 e. The summed E-state index contributed by atoms with van der Waals surface area (Å²) in [4.78, 5) is 33.2. The van der Waals surface area contributed by atoms with Gasteiger partial charge in [0, 0.05) is 24.6 Å². The van der Waals surface area contributed by atoms with E-state index in [0.29, 0.717) is 30.9 Å². The lowest BCUT2D eigenvalue weighted by Gasteiger charge is -2.35. The number of carbonyl (C=O) groups excluding carboxylic acids is 2. The van der Waals surface area contributed by atoms with Gasteiger partial charge in [-0.15, -0.1) is 0 Å². The lowest BCUT2D eigenvalue weighted by molar-refractivity contribution is -0.148. The Morgan fingerprint density at radius 2 is 2.00 bits per heavy atom. The average Bonchev–Trinajstić information content (AvgIpc) is 2.69. The number of aromatic nitrogens is 2. The monoisotopic (exact) mass is 380 g/mol. The second-order valence-electron chi connectivity index (χ2n) is 7.34. The van der Waals surface area contributed by atoms with Crippen LogP contribution in [0.15, 0.2) is 30.3 Å². The van der Waals surface area contributed by atoms with Gasteiger partial charge in [-0.3, -0.25) is 9.59 Å². The van der Waals surface area contributed by atoms with Gasteiger partial charge in [-0.1, -0.05) is 30.3 Å². The Kier molecular flexibility index (Phi) is 5.23. The van der Waals surface area contributed by atoms with Crippen molar-refractivity contribution in [3.05, 3.63) is 53.0 Å². The van der Waals surface area contributed by atoms with Crippen LogP contribution in [0.2, 0.25) is 0 Å². The number of aryl methyl sites for hydroxylation is 2. The van der Waals surface area contributed by atoms with Crippen molar-refractivity contribution in [2.45, 2.75) is 38.1 Å². The number of amides is 1. The second-order valence-corrected chi connectivity index (χ2v) is 7.34. The van der Waals surface area contributed by atoms with E-state index in [-0.39, 0.29) is 23.8 Å². The Labute approximate surface area is 163 Å². The van der Waals surface area contributed by atoms with E-state index in [4.69, 9.17) is 9.72 Å². The lowest BCUT2D eigenvalue weighted by Crippen LogP contribution is -2.41. The van der Waals surface area contributed by atoms with Gasteiger partial charge in [-0.2, -0.15) is 0 Å². The number of methoxy groups -OCH3 is 1. The van der Waals surface area contributed by atoms with Crippen LogP contribution in [0.3, 0.4) is 0 Å². The molecule has 1 aliphatic heterocycles. The minimum atomic E-state index is -0.161. The van der Waals surface area contributed by atoms with E-state index < -0.39 is 0 Å². The Balaban J connectivity index is 1.52. The van der Waals surface area contributed by atoms with Crippen molar-refractivity contribution in [2.24, 2.45) is 5.92 Å². The van der Waals surface area contributed by atoms with Gasteiger partial charge in [0.15, 0.2) is 0 Å². The summed E-state index contributed by atoms with van der Waals surface area (Å²) in [5, 5.41) is 6.29. The van der Waals surface area contributed by atoms with Gasteiger partial charge in [-0.25, -0.2) is 9.97 Å². The third-order valence-corrected chi connectivity index (χ3v) is 5.42. The van der Waals surface area contributed by atoms with E-state index in [1.165, 1.54) is 12.7 Å². The molecule has 0 spiro atoms. The van der Waals surface area contributed by atoms with Gasteiger partial charge < -0.3 is 15.4 Å². The summed E-state index contributed by atoms with van der Waals surface area (Å²) in [7, 11) is 1.42. The predicted molar refractivity (Wildman–Crippen MR) is 104 cm³/mol. The van der Waals surface area contributed by atoms with Crippen molar-refractivity contribution in [1.29, 1.82) is 0 Å². The molecule has 1 saturated carbocycles. The molecule has 0 unspecified atom stereocenters. The molecule has 1 fully saturated rings. The van der Waals surface area contributed by atoms with E-state index in [1.54, 1.807) is 0 Å². The van der Waals surface area contributed by atoms with E-state index >= 15 is 0 Å². The van der Waals surface area contributed by atoms with Crippen LogP contribution in [0.4, 0.5) is 5.82 Å². The van der Waals surface area contributed by atoms with Crippen LogP contribution in [0.25, 0.3) is 0 Å². The molecule has 0 radical (unpaired) electrons. The summed E-state index contributed by atoms with van der Waals surface area (Å²) >= 11 is 0. The van der Waals surface area contributed by atoms with E-state index in [9.17, 15) is 9.59 Å². The zero-order chi connectivity index (χ0) is 19.5. The number of benzene rings is 1. The van der Waals surface area contributed by atoms with Gasteiger partial charge >= 0.3 is 5.97 Å². The van der Waals surface area contributed by atoms with E-state index in [0.717, 1.165) is 30.6 Å². The molecule has 0 atom stereocenters. The zero-order valence-corrected chi connectivity index (χ0v) is 15.9. The number of ether oxygens (including phenoxy) is 1.